The highest BCUT2D eigenvalue weighted by molar-refractivity contribution is 7.52. The van der Waals surface area contributed by atoms with Gasteiger partial charge in [-0.05, 0) is 20.3 Å². The molecule has 0 radical (unpaired) electrons. The zero-order valence-electron chi connectivity index (χ0n) is 8.52. The second-order valence-corrected chi connectivity index (χ2v) is 5.06. The van der Waals surface area contributed by atoms with Crippen LogP contribution in [0.3, 0.4) is 0 Å². The predicted octanol–water partition coefficient (Wildman–Crippen LogP) is 2.02. The Morgan fingerprint density at radius 1 is 1.38 bits per heavy atom. The van der Waals surface area contributed by atoms with Gasteiger partial charge in [0.15, 0.2) is 0 Å². The van der Waals surface area contributed by atoms with Gasteiger partial charge in [-0.25, -0.2) is 0 Å². The van der Waals surface area contributed by atoms with Crippen LogP contribution in [0.25, 0.3) is 0 Å². The molecule has 0 fully saturated rings. The molecule has 1 atom stereocenters. The molecule has 1 N–H and O–H groups in total. The number of ether oxygens (including phenoxy) is 1. The average molecular weight is 210 g/mol. The van der Waals surface area contributed by atoms with Crippen LogP contribution in [-0.4, -0.2) is 30.4 Å². The van der Waals surface area contributed by atoms with Crippen molar-refractivity contribution in [3.8, 4) is 0 Å². The molecule has 0 bridgehead atoms. The maximum atomic E-state index is 11.2. The van der Waals surface area contributed by atoms with Crippen LogP contribution >= 0.6 is 7.60 Å². The Morgan fingerprint density at radius 2 is 2.00 bits per heavy atom. The van der Waals surface area contributed by atoms with E-state index in [4.69, 9.17) is 9.26 Å². The Balaban J connectivity index is 3.57. The molecule has 80 valence electrons. The van der Waals surface area contributed by atoms with Gasteiger partial charge in [-0.15, -0.1) is 0 Å². The summed E-state index contributed by atoms with van der Waals surface area (Å²) in [5.74, 6) is 0. The van der Waals surface area contributed by atoms with Gasteiger partial charge in [-0.2, -0.15) is 0 Å². The van der Waals surface area contributed by atoms with Crippen molar-refractivity contribution in [3.63, 3.8) is 0 Å². The van der Waals surface area contributed by atoms with E-state index in [-0.39, 0.29) is 18.9 Å². The van der Waals surface area contributed by atoms with Gasteiger partial charge in [0.2, 0.25) is 0 Å². The summed E-state index contributed by atoms with van der Waals surface area (Å²) in [7, 11) is -3.41. The summed E-state index contributed by atoms with van der Waals surface area (Å²) in [6.07, 6.45) is 0.772. The van der Waals surface area contributed by atoms with Gasteiger partial charge in [0.05, 0.1) is 18.9 Å². The first-order valence-corrected chi connectivity index (χ1v) is 6.32. The molecule has 0 aromatic rings. The van der Waals surface area contributed by atoms with E-state index in [2.05, 4.69) is 0 Å². The summed E-state index contributed by atoms with van der Waals surface area (Å²) < 4.78 is 21.2. The zero-order chi connectivity index (χ0) is 10.3. The maximum Gasteiger partial charge on any atom is 0.330 e. The maximum absolute atomic E-state index is 11.2. The first kappa shape index (κ1) is 13.1. The van der Waals surface area contributed by atoms with Crippen LogP contribution in [-0.2, 0) is 13.8 Å². The van der Waals surface area contributed by atoms with Crippen molar-refractivity contribution in [2.24, 2.45) is 0 Å². The van der Waals surface area contributed by atoms with Gasteiger partial charge in [0, 0.05) is 6.61 Å². The average Bonchev–Trinajstić information content (AvgIpc) is 1.95. The number of hydrogen-bond acceptors (Lipinski definition) is 3. The highest BCUT2D eigenvalue weighted by Crippen LogP contribution is 2.42. The third-order valence-electron chi connectivity index (χ3n) is 1.24. The van der Waals surface area contributed by atoms with Crippen molar-refractivity contribution >= 4 is 7.60 Å². The van der Waals surface area contributed by atoms with E-state index in [9.17, 15) is 9.46 Å². The van der Waals surface area contributed by atoms with Crippen molar-refractivity contribution in [2.75, 3.05) is 19.4 Å². The molecule has 0 saturated carbocycles. The van der Waals surface area contributed by atoms with Crippen LogP contribution < -0.4 is 0 Å². The SMILES string of the molecule is CCCOCCP(=O)(O)OC(C)C. The lowest BCUT2D eigenvalue weighted by atomic mass is 10.5. The molecule has 13 heavy (non-hydrogen) atoms. The van der Waals surface area contributed by atoms with Crippen molar-refractivity contribution in [2.45, 2.75) is 33.3 Å². The molecule has 4 nitrogen and oxygen atoms in total. The van der Waals surface area contributed by atoms with E-state index < -0.39 is 7.60 Å². The van der Waals surface area contributed by atoms with Gasteiger partial charge in [0.1, 0.15) is 0 Å². The molecule has 0 heterocycles. The van der Waals surface area contributed by atoms with E-state index in [0.717, 1.165) is 6.42 Å². The molecule has 0 aliphatic heterocycles. The van der Waals surface area contributed by atoms with Crippen LogP contribution in [0.15, 0.2) is 0 Å². The largest absolute Gasteiger partial charge is 0.381 e. The Hall–Kier alpha value is 0.110. The summed E-state index contributed by atoms with van der Waals surface area (Å²) in [5.41, 5.74) is 0. The lowest BCUT2D eigenvalue weighted by Gasteiger charge is -2.14. The van der Waals surface area contributed by atoms with Crippen molar-refractivity contribution in [3.05, 3.63) is 0 Å². The molecule has 0 spiro atoms. The molecule has 0 aromatic heterocycles. The zero-order valence-corrected chi connectivity index (χ0v) is 9.42. The number of rotatable bonds is 7. The molecule has 1 unspecified atom stereocenters. The summed E-state index contributed by atoms with van der Waals surface area (Å²) >= 11 is 0. The Labute approximate surface area is 79.8 Å². The molecule has 0 aromatic carbocycles. The van der Waals surface area contributed by atoms with E-state index in [1.807, 2.05) is 6.92 Å². The Morgan fingerprint density at radius 3 is 2.46 bits per heavy atom. The van der Waals surface area contributed by atoms with Crippen molar-refractivity contribution in [1.82, 2.24) is 0 Å². The highest BCUT2D eigenvalue weighted by Gasteiger charge is 2.20. The van der Waals surface area contributed by atoms with Gasteiger partial charge >= 0.3 is 7.60 Å². The minimum absolute atomic E-state index is 0.0746. The normalized spacial score (nSPS) is 16.1. The second kappa shape index (κ2) is 6.55. The minimum atomic E-state index is -3.41. The first-order chi connectivity index (χ1) is 5.98. The lowest BCUT2D eigenvalue weighted by Crippen LogP contribution is -2.07. The second-order valence-electron chi connectivity index (χ2n) is 3.13. The highest BCUT2D eigenvalue weighted by atomic mass is 31.2. The van der Waals surface area contributed by atoms with Crippen molar-refractivity contribution < 1.29 is 18.7 Å². The molecule has 5 heteroatoms. The van der Waals surface area contributed by atoms with E-state index in [1.165, 1.54) is 0 Å². The van der Waals surface area contributed by atoms with Crippen LogP contribution in [0.1, 0.15) is 27.2 Å². The first-order valence-electron chi connectivity index (χ1n) is 4.56. The quantitative estimate of drug-likeness (QED) is 0.516. The smallest absolute Gasteiger partial charge is 0.330 e. The van der Waals surface area contributed by atoms with E-state index >= 15 is 0 Å². The number of hydrogen-bond donors (Lipinski definition) is 1. The monoisotopic (exact) mass is 210 g/mol. The molecular weight excluding hydrogens is 191 g/mol. The molecule has 0 amide bonds. The summed E-state index contributed by atoms with van der Waals surface area (Å²) in [4.78, 5) is 9.24. The third-order valence-corrected chi connectivity index (χ3v) is 2.74. The Bertz CT molecular complexity index is 170. The fourth-order valence-corrected chi connectivity index (χ4v) is 1.93. The van der Waals surface area contributed by atoms with Crippen LogP contribution in [0.5, 0.6) is 0 Å². The summed E-state index contributed by atoms with van der Waals surface area (Å²) in [6.45, 7) is 6.37. The van der Waals surface area contributed by atoms with Gasteiger partial charge in [-0.3, -0.25) is 4.57 Å². The molecule has 0 aliphatic carbocycles. The minimum Gasteiger partial charge on any atom is -0.381 e. The Kier molecular flexibility index (Phi) is 6.60. The van der Waals surface area contributed by atoms with Crippen LogP contribution in [0.4, 0.5) is 0 Å². The van der Waals surface area contributed by atoms with Gasteiger partial charge in [-0.1, -0.05) is 6.92 Å². The van der Waals surface area contributed by atoms with E-state index in [1.54, 1.807) is 13.8 Å². The lowest BCUT2D eigenvalue weighted by molar-refractivity contribution is 0.139. The summed E-state index contributed by atoms with van der Waals surface area (Å²) in [6, 6.07) is 0. The molecular formula is C8H19O4P. The predicted molar refractivity (Wildman–Crippen MR) is 52.0 cm³/mol. The summed E-state index contributed by atoms with van der Waals surface area (Å²) in [5, 5.41) is 0. The van der Waals surface area contributed by atoms with Gasteiger partial charge < -0.3 is 14.2 Å². The fourth-order valence-electron chi connectivity index (χ4n) is 0.808. The third kappa shape index (κ3) is 8.44. The van der Waals surface area contributed by atoms with Crippen molar-refractivity contribution in [1.29, 1.82) is 0 Å². The standard InChI is InChI=1S/C8H19O4P/c1-4-5-11-6-7-13(9,10)12-8(2)3/h8H,4-7H2,1-3H3,(H,9,10). The van der Waals surface area contributed by atoms with E-state index in [0.29, 0.717) is 6.61 Å². The fraction of sp³-hybridized carbons (Fsp3) is 1.00. The van der Waals surface area contributed by atoms with Gasteiger partial charge in [0.25, 0.3) is 0 Å². The van der Waals surface area contributed by atoms with Crippen LogP contribution in [0.2, 0.25) is 0 Å². The van der Waals surface area contributed by atoms with Crippen LogP contribution in [0, 0.1) is 0 Å². The topological polar surface area (TPSA) is 55.8 Å². The molecule has 0 saturated heterocycles. The molecule has 0 aliphatic rings. The molecule has 0 rings (SSSR count).